The maximum absolute atomic E-state index is 12.8. The van der Waals surface area contributed by atoms with Crippen LogP contribution in [0.2, 0.25) is 20.1 Å². The predicted molar refractivity (Wildman–Crippen MR) is 150 cm³/mol. The molecule has 0 bridgehead atoms. The summed E-state index contributed by atoms with van der Waals surface area (Å²) in [7, 11) is 0. The fraction of sp³-hybridized carbons (Fsp3) is 0.115. The number of nitrogens with zero attached hydrogens (tertiary/aromatic N) is 1. The number of halogens is 4. The molecule has 1 saturated heterocycles. The third kappa shape index (κ3) is 6.80. The Morgan fingerprint density at radius 1 is 1.00 bits per heavy atom. The second-order valence-corrected chi connectivity index (χ2v) is 10.7. The van der Waals surface area contributed by atoms with E-state index in [1.54, 1.807) is 48.5 Å². The Labute approximate surface area is 237 Å². The lowest BCUT2D eigenvalue weighted by Gasteiger charge is -2.13. The normalized spacial score (nSPS) is 14.4. The van der Waals surface area contributed by atoms with Crippen LogP contribution in [0.15, 0.2) is 59.5 Å². The summed E-state index contributed by atoms with van der Waals surface area (Å²) in [6.45, 7) is 1.60. The number of carbonyl (C=O) groups is 3. The molecule has 0 spiro atoms. The summed E-state index contributed by atoms with van der Waals surface area (Å²) in [4.78, 5) is 38.7. The zero-order valence-corrected chi connectivity index (χ0v) is 23.0. The molecular formula is C26H18Cl4N2O4S. The van der Waals surface area contributed by atoms with E-state index in [2.05, 4.69) is 5.32 Å². The van der Waals surface area contributed by atoms with E-state index in [9.17, 15) is 14.4 Å². The van der Waals surface area contributed by atoms with Crippen molar-refractivity contribution < 1.29 is 19.1 Å². The number of anilines is 1. The molecule has 0 saturated carbocycles. The van der Waals surface area contributed by atoms with Crippen molar-refractivity contribution in [3.8, 4) is 5.75 Å². The first kappa shape index (κ1) is 27.4. The van der Waals surface area contributed by atoms with Crippen LogP contribution in [0.4, 0.5) is 10.5 Å². The van der Waals surface area contributed by atoms with Crippen molar-refractivity contribution in [1.29, 1.82) is 0 Å². The predicted octanol–water partition coefficient (Wildman–Crippen LogP) is 7.86. The van der Waals surface area contributed by atoms with Gasteiger partial charge < -0.3 is 10.1 Å². The van der Waals surface area contributed by atoms with Crippen molar-refractivity contribution in [3.05, 3.63) is 96.3 Å². The SMILES string of the molecule is Cc1cccc(NC(=O)CN2C(=O)S/C(=C\c3cc(Cl)c(OCc4ccc(Cl)cc4Cl)c(Cl)c3)C2=O)c1. The van der Waals surface area contributed by atoms with Gasteiger partial charge >= 0.3 is 0 Å². The van der Waals surface area contributed by atoms with Gasteiger partial charge in [0, 0.05) is 21.3 Å². The third-order valence-electron chi connectivity index (χ3n) is 5.18. The van der Waals surface area contributed by atoms with Crippen molar-refractivity contribution in [2.45, 2.75) is 13.5 Å². The van der Waals surface area contributed by atoms with Crippen LogP contribution in [0, 0.1) is 6.92 Å². The van der Waals surface area contributed by atoms with Gasteiger partial charge in [0.15, 0.2) is 5.75 Å². The van der Waals surface area contributed by atoms with Crippen molar-refractivity contribution in [2.24, 2.45) is 0 Å². The molecule has 3 amide bonds. The minimum atomic E-state index is -0.584. The van der Waals surface area contributed by atoms with E-state index < -0.39 is 23.6 Å². The number of amides is 3. The number of ether oxygens (including phenoxy) is 1. The van der Waals surface area contributed by atoms with Crippen LogP contribution in [0.1, 0.15) is 16.7 Å². The topological polar surface area (TPSA) is 75.7 Å². The molecule has 1 fully saturated rings. The Balaban J connectivity index is 1.44. The van der Waals surface area contributed by atoms with Crippen LogP contribution in [0.3, 0.4) is 0 Å². The molecule has 0 atom stereocenters. The van der Waals surface area contributed by atoms with Crippen molar-refractivity contribution in [3.63, 3.8) is 0 Å². The lowest BCUT2D eigenvalue weighted by atomic mass is 10.2. The lowest BCUT2D eigenvalue weighted by Crippen LogP contribution is -2.36. The van der Waals surface area contributed by atoms with E-state index in [1.165, 1.54) is 6.08 Å². The standard InChI is InChI=1S/C26H18Cl4N2O4S/c1-14-3-2-4-18(7-14)31-23(33)12-32-25(34)22(37-26(32)35)10-15-8-20(29)24(21(30)9-15)36-13-16-5-6-17(27)11-19(16)28/h2-11H,12-13H2,1H3,(H,31,33)/b22-10-. The second kappa shape index (κ2) is 11.8. The highest BCUT2D eigenvalue weighted by molar-refractivity contribution is 8.18. The number of hydrogen-bond acceptors (Lipinski definition) is 5. The summed E-state index contributed by atoms with van der Waals surface area (Å²) in [6, 6.07) is 15.4. The quantitative estimate of drug-likeness (QED) is 0.281. The van der Waals surface area contributed by atoms with Crippen LogP contribution < -0.4 is 10.1 Å². The average molecular weight is 596 g/mol. The molecule has 3 aromatic rings. The average Bonchev–Trinajstić information content (AvgIpc) is 3.07. The second-order valence-electron chi connectivity index (χ2n) is 8.02. The zero-order chi connectivity index (χ0) is 26.7. The monoisotopic (exact) mass is 594 g/mol. The first-order valence-corrected chi connectivity index (χ1v) is 13.1. The number of aryl methyl sites for hydroxylation is 1. The molecule has 4 rings (SSSR count). The molecule has 1 N–H and O–H groups in total. The van der Waals surface area contributed by atoms with Crippen molar-refractivity contribution >= 4 is 87.0 Å². The van der Waals surface area contributed by atoms with E-state index in [0.717, 1.165) is 22.2 Å². The summed E-state index contributed by atoms with van der Waals surface area (Å²) >= 11 is 25.6. The van der Waals surface area contributed by atoms with Gasteiger partial charge in [-0.1, -0.05) is 64.6 Å². The number of thioether (sulfide) groups is 1. The minimum Gasteiger partial charge on any atom is -0.486 e. The molecule has 11 heteroatoms. The number of imide groups is 1. The Kier molecular flexibility index (Phi) is 8.72. The maximum atomic E-state index is 12.8. The Hall–Kier alpha value is -2.68. The van der Waals surface area contributed by atoms with Gasteiger partial charge in [-0.3, -0.25) is 19.3 Å². The molecule has 0 aliphatic carbocycles. The number of rotatable bonds is 7. The van der Waals surface area contributed by atoms with Crippen LogP contribution >= 0.6 is 58.2 Å². The van der Waals surface area contributed by atoms with Gasteiger partial charge in [-0.05, 0) is 72.3 Å². The fourth-order valence-electron chi connectivity index (χ4n) is 3.44. The molecule has 1 aliphatic heterocycles. The van der Waals surface area contributed by atoms with E-state index in [-0.39, 0.29) is 27.3 Å². The van der Waals surface area contributed by atoms with Gasteiger partial charge in [0.2, 0.25) is 5.91 Å². The number of carbonyl (C=O) groups excluding carboxylic acids is 3. The van der Waals surface area contributed by atoms with E-state index in [0.29, 0.717) is 26.9 Å². The summed E-state index contributed by atoms with van der Waals surface area (Å²) in [6.07, 6.45) is 1.49. The molecule has 37 heavy (non-hydrogen) atoms. The number of benzene rings is 3. The molecule has 0 aromatic heterocycles. The van der Waals surface area contributed by atoms with E-state index in [4.69, 9.17) is 51.1 Å². The molecule has 6 nitrogen and oxygen atoms in total. The molecule has 3 aromatic carbocycles. The summed E-state index contributed by atoms with van der Waals surface area (Å²) in [5.41, 5.74) is 2.73. The Morgan fingerprint density at radius 3 is 2.41 bits per heavy atom. The van der Waals surface area contributed by atoms with Gasteiger partial charge in [0.1, 0.15) is 13.2 Å². The van der Waals surface area contributed by atoms with Gasteiger partial charge in [0.05, 0.1) is 15.0 Å². The van der Waals surface area contributed by atoms with Crippen LogP contribution in [0.25, 0.3) is 6.08 Å². The summed E-state index contributed by atoms with van der Waals surface area (Å²) in [5.74, 6) is -0.825. The van der Waals surface area contributed by atoms with Gasteiger partial charge in [0.25, 0.3) is 11.1 Å². The zero-order valence-electron chi connectivity index (χ0n) is 19.2. The summed E-state index contributed by atoms with van der Waals surface area (Å²) < 4.78 is 5.76. The molecule has 1 heterocycles. The largest absolute Gasteiger partial charge is 0.486 e. The van der Waals surface area contributed by atoms with Crippen molar-refractivity contribution in [2.75, 3.05) is 11.9 Å². The first-order valence-electron chi connectivity index (χ1n) is 10.8. The summed E-state index contributed by atoms with van der Waals surface area (Å²) in [5, 5.41) is 3.51. The van der Waals surface area contributed by atoms with Crippen LogP contribution in [-0.2, 0) is 16.2 Å². The van der Waals surface area contributed by atoms with Crippen molar-refractivity contribution in [1.82, 2.24) is 4.90 Å². The van der Waals surface area contributed by atoms with Gasteiger partial charge in [-0.15, -0.1) is 0 Å². The third-order valence-corrected chi connectivity index (χ3v) is 7.24. The highest BCUT2D eigenvalue weighted by atomic mass is 35.5. The highest BCUT2D eigenvalue weighted by Gasteiger charge is 2.36. The molecule has 0 radical (unpaired) electrons. The van der Waals surface area contributed by atoms with Gasteiger partial charge in [-0.2, -0.15) is 0 Å². The van der Waals surface area contributed by atoms with Gasteiger partial charge in [-0.25, -0.2) is 0 Å². The molecule has 1 aliphatic rings. The maximum Gasteiger partial charge on any atom is 0.294 e. The number of nitrogens with one attached hydrogen (secondary N) is 1. The minimum absolute atomic E-state index is 0.109. The molecule has 0 unspecified atom stereocenters. The molecule has 190 valence electrons. The Morgan fingerprint density at radius 2 is 1.73 bits per heavy atom. The Bertz CT molecular complexity index is 1420. The smallest absolute Gasteiger partial charge is 0.294 e. The van der Waals surface area contributed by atoms with E-state index in [1.807, 2.05) is 13.0 Å². The fourth-order valence-corrected chi connectivity index (χ4v) is 5.36. The molecular weight excluding hydrogens is 578 g/mol. The first-order chi connectivity index (χ1) is 17.6. The van der Waals surface area contributed by atoms with Crippen LogP contribution in [-0.4, -0.2) is 28.5 Å². The lowest BCUT2D eigenvalue weighted by molar-refractivity contribution is -0.127. The highest BCUT2D eigenvalue weighted by Crippen LogP contribution is 2.38. The van der Waals surface area contributed by atoms with E-state index >= 15 is 0 Å². The number of hydrogen-bond donors (Lipinski definition) is 1. The van der Waals surface area contributed by atoms with Crippen LogP contribution in [0.5, 0.6) is 5.75 Å².